The minimum absolute atomic E-state index is 0.0475. The number of carbonyl (C=O) groups is 2. The lowest BCUT2D eigenvalue weighted by atomic mass is 9.82. The second-order valence-corrected chi connectivity index (χ2v) is 6.68. The van der Waals surface area contributed by atoms with Crippen LogP contribution < -0.4 is 5.32 Å². The van der Waals surface area contributed by atoms with Crippen molar-refractivity contribution in [1.82, 2.24) is 5.32 Å². The van der Waals surface area contributed by atoms with Gasteiger partial charge in [-0.15, -0.1) is 0 Å². The van der Waals surface area contributed by atoms with Crippen LogP contribution in [0.15, 0.2) is 12.2 Å². The van der Waals surface area contributed by atoms with Gasteiger partial charge in [0.25, 0.3) is 0 Å². The summed E-state index contributed by atoms with van der Waals surface area (Å²) in [6, 6.07) is 0.169. The molecule has 0 saturated heterocycles. The molecule has 1 amide bonds. The van der Waals surface area contributed by atoms with Crippen LogP contribution >= 0.6 is 0 Å². The largest absolute Gasteiger partial charge is 0.481 e. The van der Waals surface area contributed by atoms with Gasteiger partial charge in [0.2, 0.25) is 5.91 Å². The molecule has 20 heavy (non-hydrogen) atoms. The van der Waals surface area contributed by atoms with Gasteiger partial charge in [0.15, 0.2) is 0 Å². The number of aliphatic carboxylic acids is 1. The highest BCUT2D eigenvalue weighted by Crippen LogP contribution is 2.48. The predicted molar refractivity (Wildman–Crippen MR) is 74.9 cm³/mol. The number of hydrogen-bond acceptors (Lipinski definition) is 2. The maximum atomic E-state index is 12.5. The first-order valence-electron chi connectivity index (χ1n) is 7.79. The average molecular weight is 277 g/mol. The molecule has 5 atom stereocenters. The zero-order valence-electron chi connectivity index (χ0n) is 11.9. The number of carboxylic acids is 1. The molecule has 0 aromatic rings. The quantitative estimate of drug-likeness (QED) is 0.774. The van der Waals surface area contributed by atoms with Gasteiger partial charge in [-0.2, -0.15) is 0 Å². The van der Waals surface area contributed by atoms with Crippen LogP contribution in [0, 0.1) is 29.6 Å². The molecule has 0 aliphatic heterocycles. The normalized spacial score (nSPS) is 37.2. The topological polar surface area (TPSA) is 66.4 Å². The van der Waals surface area contributed by atoms with Crippen molar-refractivity contribution in [2.45, 2.75) is 45.1 Å². The van der Waals surface area contributed by atoms with E-state index in [1.165, 1.54) is 25.7 Å². The van der Waals surface area contributed by atoms with Crippen LogP contribution in [0.3, 0.4) is 0 Å². The number of carboxylic acid groups (broad SMARTS) is 1. The number of allylic oxidation sites excluding steroid dienone is 2. The Morgan fingerprint density at radius 1 is 1.15 bits per heavy atom. The van der Waals surface area contributed by atoms with Crippen molar-refractivity contribution in [3.05, 3.63) is 12.2 Å². The van der Waals surface area contributed by atoms with Crippen molar-refractivity contribution < 1.29 is 14.7 Å². The lowest BCUT2D eigenvalue weighted by Crippen LogP contribution is -2.45. The third-order valence-corrected chi connectivity index (χ3v) is 5.52. The lowest BCUT2D eigenvalue weighted by molar-refractivity contribution is -0.148. The maximum Gasteiger partial charge on any atom is 0.307 e. The molecule has 5 unspecified atom stereocenters. The summed E-state index contributed by atoms with van der Waals surface area (Å²) >= 11 is 0. The summed E-state index contributed by atoms with van der Waals surface area (Å²) in [5, 5.41) is 12.5. The Balaban J connectivity index is 1.67. The summed E-state index contributed by atoms with van der Waals surface area (Å²) in [4.78, 5) is 23.9. The fraction of sp³-hybridized carbons (Fsp3) is 0.750. The molecule has 3 aliphatic rings. The average Bonchev–Trinajstić information content (AvgIpc) is 3.13. The molecule has 110 valence electrons. The summed E-state index contributed by atoms with van der Waals surface area (Å²) < 4.78 is 0. The molecular formula is C16H23NO3. The summed E-state index contributed by atoms with van der Waals surface area (Å²) in [5.41, 5.74) is 0. The van der Waals surface area contributed by atoms with Crippen molar-refractivity contribution in [1.29, 1.82) is 0 Å². The van der Waals surface area contributed by atoms with Crippen LogP contribution in [0.1, 0.15) is 39.0 Å². The van der Waals surface area contributed by atoms with E-state index in [4.69, 9.17) is 0 Å². The van der Waals surface area contributed by atoms with E-state index in [0.29, 0.717) is 5.92 Å². The molecule has 2 N–H and O–H groups in total. The van der Waals surface area contributed by atoms with E-state index >= 15 is 0 Å². The van der Waals surface area contributed by atoms with Crippen LogP contribution in [0.25, 0.3) is 0 Å². The van der Waals surface area contributed by atoms with Crippen LogP contribution in [0.4, 0.5) is 0 Å². The van der Waals surface area contributed by atoms with Gasteiger partial charge in [-0.3, -0.25) is 9.59 Å². The maximum absolute atomic E-state index is 12.5. The third-order valence-electron chi connectivity index (χ3n) is 5.52. The number of rotatable bonds is 4. The minimum atomic E-state index is -0.824. The van der Waals surface area contributed by atoms with Crippen LogP contribution in [0.2, 0.25) is 0 Å². The van der Waals surface area contributed by atoms with E-state index in [1.807, 2.05) is 12.2 Å². The highest BCUT2D eigenvalue weighted by atomic mass is 16.4. The summed E-state index contributed by atoms with van der Waals surface area (Å²) in [6.07, 6.45) is 9.70. The van der Waals surface area contributed by atoms with Crippen LogP contribution in [-0.4, -0.2) is 23.0 Å². The van der Waals surface area contributed by atoms with Crippen LogP contribution in [0.5, 0.6) is 0 Å². The van der Waals surface area contributed by atoms with Gasteiger partial charge in [0.1, 0.15) is 0 Å². The highest BCUT2D eigenvalue weighted by Gasteiger charge is 2.51. The second kappa shape index (κ2) is 5.23. The first-order chi connectivity index (χ1) is 9.58. The Kier molecular flexibility index (Phi) is 3.57. The van der Waals surface area contributed by atoms with Gasteiger partial charge < -0.3 is 10.4 Å². The molecule has 2 bridgehead atoms. The van der Waals surface area contributed by atoms with Gasteiger partial charge in [-0.25, -0.2) is 0 Å². The van der Waals surface area contributed by atoms with Crippen molar-refractivity contribution in [2.24, 2.45) is 29.6 Å². The van der Waals surface area contributed by atoms with Gasteiger partial charge >= 0.3 is 5.97 Å². The number of carbonyl (C=O) groups excluding carboxylic acids is 1. The molecule has 0 radical (unpaired) electrons. The fourth-order valence-electron chi connectivity index (χ4n) is 4.41. The summed E-state index contributed by atoms with van der Waals surface area (Å²) in [6.45, 7) is 2.06. The van der Waals surface area contributed by atoms with Gasteiger partial charge in [0, 0.05) is 6.04 Å². The van der Waals surface area contributed by atoms with E-state index in [-0.39, 0.29) is 29.7 Å². The Bertz CT molecular complexity index is 439. The molecule has 4 nitrogen and oxygen atoms in total. The van der Waals surface area contributed by atoms with Crippen molar-refractivity contribution in [3.63, 3.8) is 0 Å². The van der Waals surface area contributed by atoms with Gasteiger partial charge in [-0.05, 0) is 43.9 Å². The number of nitrogens with one attached hydrogen (secondary N) is 1. The first kappa shape index (κ1) is 13.7. The van der Waals surface area contributed by atoms with Gasteiger partial charge in [0.05, 0.1) is 11.8 Å². The molecule has 0 heterocycles. The molecule has 2 fully saturated rings. The smallest absolute Gasteiger partial charge is 0.307 e. The Morgan fingerprint density at radius 3 is 2.35 bits per heavy atom. The Labute approximate surface area is 119 Å². The molecule has 3 aliphatic carbocycles. The standard InChI is InChI=1S/C16H23NO3/c1-9(10-4-2-3-5-10)17-15(18)13-11-6-7-12(8-11)14(13)16(19)20/h6-7,9-14H,2-5,8H2,1H3,(H,17,18)(H,19,20). The molecule has 0 spiro atoms. The molecule has 0 aromatic heterocycles. The summed E-state index contributed by atoms with van der Waals surface area (Å²) in [5.74, 6) is -1.03. The van der Waals surface area contributed by atoms with Crippen molar-refractivity contribution in [2.75, 3.05) is 0 Å². The minimum Gasteiger partial charge on any atom is -0.481 e. The van der Waals surface area contributed by atoms with E-state index in [0.717, 1.165) is 6.42 Å². The third kappa shape index (κ3) is 2.25. The van der Waals surface area contributed by atoms with E-state index < -0.39 is 11.9 Å². The molecular weight excluding hydrogens is 254 g/mol. The Morgan fingerprint density at radius 2 is 1.75 bits per heavy atom. The van der Waals surface area contributed by atoms with Gasteiger partial charge in [-0.1, -0.05) is 25.0 Å². The molecule has 2 saturated carbocycles. The van der Waals surface area contributed by atoms with E-state index in [2.05, 4.69) is 12.2 Å². The molecule has 4 heteroatoms. The zero-order chi connectivity index (χ0) is 14.3. The number of amides is 1. The zero-order valence-corrected chi connectivity index (χ0v) is 11.9. The Hall–Kier alpha value is -1.32. The van der Waals surface area contributed by atoms with Crippen LogP contribution in [-0.2, 0) is 9.59 Å². The predicted octanol–water partition coefficient (Wildman–Crippen LogP) is 2.20. The van der Waals surface area contributed by atoms with E-state index in [1.54, 1.807) is 0 Å². The first-order valence-corrected chi connectivity index (χ1v) is 7.79. The second-order valence-electron chi connectivity index (χ2n) is 6.68. The van der Waals surface area contributed by atoms with Crippen molar-refractivity contribution in [3.8, 4) is 0 Å². The number of fused-ring (bicyclic) bond motifs is 2. The lowest BCUT2D eigenvalue weighted by Gasteiger charge is -2.27. The highest BCUT2D eigenvalue weighted by molar-refractivity contribution is 5.87. The molecule has 3 rings (SSSR count). The SMILES string of the molecule is CC(NC(=O)C1C2C=CC(C2)C1C(=O)O)C1CCCC1. The fourth-order valence-corrected chi connectivity index (χ4v) is 4.41. The summed E-state index contributed by atoms with van der Waals surface area (Å²) in [7, 11) is 0. The van der Waals surface area contributed by atoms with Crippen molar-refractivity contribution >= 4 is 11.9 Å². The number of hydrogen-bond donors (Lipinski definition) is 2. The monoisotopic (exact) mass is 277 g/mol. The molecule has 0 aromatic carbocycles. The van der Waals surface area contributed by atoms with E-state index in [9.17, 15) is 14.7 Å².